The van der Waals surface area contributed by atoms with Gasteiger partial charge in [-0.2, -0.15) is 18.3 Å². The number of alkyl halides is 3. The Labute approximate surface area is 108 Å². The number of halogens is 3. The fraction of sp³-hybridized carbons (Fsp3) is 0.308. The lowest BCUT2D eigenvalue weighted by molar-refractivity contribution is -0.141. The molecule has 0 bridgehead atoms. The molecule has 0 amide bonds. The monoisotopic (exact) mass is 269 g/mol. The number of hydrogen-bond acceptors (Lipinski definition) is 2. The second-order valence-electron chi connectivity index (χ2n) is 4.18. The minimum atomic E-state index is -4.42. The molecule has 2 N–H and O–H groups in total. The molecule has 0 aliphatic heterocycles. The zero-order valence-corrected chi connectivity index (χ0v) is 10.1. The van der Waals surface area contributed by atoms with Crippen molar-refractivity contribution in [3.8, 4) is 0 Å². The van der Waals surface area contributed by atoms with Gasteiger partial charge in [-0.3, -0.25) is 4.68 Å². The van der Waals surface area contributed by atoms with Crippen LogP contribution >= 0.6 is 0 Å². The number of aromatic nitrogens is 2. The number of rotatable bonds is 4. The van der Waals surface area contributed by atoms with Crippen molar-refractivity contribution in [3.63, 3.8) is 0 Å². The van der Waals surface area contributed by atoms with Crippen LogP contribution in [0.3, 0.4) is 0 Å². The van der Waals surface area contributed by atoms with E-state index in [1.54, 1.807) is 0 Å². The molecule has 0 aliphatic rings. The van der Waals surface area contributed by atoms with Crippen LogP contribution in [0.4, 0.5) is 13.2 Å². The van der Waals surface area contributed by atoms with Crippen LogP contribution in [0.5, 0.6) is 0 Å². The van der Waals surface area contributed by atoms with Gasteiger partial charge >= 0.3 is 6.18 Å². The third-order valence-corrected chi connectivity index (χ3v) is 2.84. The van der Waals surface area contributed by atoms with Crippen LogP contribution in [0.1, 0.15) is 23.7 Å². The molecule has 0 saturated heterocycles. The molecule has 2 aromatic rings. The molecule has 3 nitrogen and oxygen atoms in total. The number of nitrogens with two attached hydrogens (primary N) is 1. The lowest BCUT2D eigenvalue weighted by Crippen LogP contribution is -2.17. The van der Waals surface area contributed by atoms with Crippen LogP contribution in [-0.4, -0.2) is 16.3 Å². The largest absolute Gasteiger partial charge is 0.435 e. The fourth-order valence-electron chi connectivity index (χ4n) is 1.95. The van der Waals surface area contributed by atoms with Gasteiger partial charge in [-0.1, -0.05) is 30.3 Å². The zero-order chi connectivity index (χ0) is 13.9. The summed E-state index contributed by atoms with van der Waals surface area (Å²) in [5.41, 5.74) is 5.54. The highest BCUT2D eigenvalue weighted by Crippen LogP contribution is 2.29. The standard InChI is InChI=1S/C13H14F3N3/c14-13(15,16)12-7-9-19(18-12)11(6-8-17)10-4-2-1-3-5-10/h1-5,7,9,11H,6,8,17H2. The summed E-state index contributed by atoms with van der Waals surface area (Å²) in [4.78, 5) is 0. The van der Waals surface area contributed by atoms with E-state index in [1.165, 1.54) is 10.9 Å². The summed E-state index contributed by atoms with van der Waals surface area (Å²) < 4.78 is 39.0. The molecule has 1 aromatic heterocycles. The Morgan fingerprint density at radius 2 is 1.84 bits per heavy atom. The maximum atomic E-state index is 12.6. The lowest BCUT2D eigenvalue weighted by atomic mass is 10.0. The molecule has 0 fully saturated rings. The van der Waals surface area contributed by atoms with E-state index in [0.717, 1.165) is 11.6 Å². The van der Waals surface area contributed by atoms with Gasteiger partial charge in [-0.05, 0) is 24.6 Å². The van der Waals surface area contributed by atoms with Crippen LogP contribution in [-0.2, 0) is 6.18 Å². The molecule has 1 aromatic carbocycles. The molecule has 6 heteroatoms. The second-order valence-corrected chi connectivity index (χ2v) is 4.18. The first-order valence-electron chi connectivity index (χ1n) is 5.89. The second kappa shape index (κ2) is 5.44. The molecule has 0 aliphatic carbocycles. The molecule has 1 unspecified atom stereocenters. The van der Waals surface area contributed by atoms with E-state index in [1.807, 2.05) is 30.3 Å². The van der Waals surface area contributed by atoms with Crippen molar-refractivity contribution >= 4 is 0 Å². The van der Waals surface area contributed by atoms with Crippen molar-refractivity contribution in [1.29, 1.82) is 0 Å². The van der Waals surface area contributed by atoms with Gasteiger partial charge in [0.15, 0.2) is 5.69 Å². The fourth-order valence-corrected chi connectivity index (χ4v) is 1.95. The lowest BCUT2D eigenvalue weighted by Gasteiger charge is -2.17. The highest BCUT2D eigenvalue weighted by atomic mass is 19.4. The van der Waals surface area contributed by atoms with Gasteiger partial charge in [0.1, 0.15) is 0 Å². The molecule has 0 spiro atoms. The van der Waals surface area contributed by atoms with Crippen LogP contribution in [0.2, 0.25) is 0 Å². The number of benzene rings is 1. The van der Waals surface area contributed by atoms with Crippen molar-refractivity contribution in [1.82, 2.24) is 9.78 Å². The van der Waals surface area contributed by atoms with Crippen molar-refractivity contribution in [2.24, 2.45) is 5.73 Å². The van der Waals surface area contributed by atoms with Crippen LogP contribution in [0, 0.1) is 0 Å². The molecule has 0 saturated carbocycles. The minimum Gasteiger partial charge on any atom is -0.330 e. The van der Waals surface area contributed by atoms with E-state index in [9.17, 15) is 13.2 Å². The first kappa shape index (κ1) is 13.6. The Bertz CT molecular complexity index is 519. The van der Waals surface area contributed by atoms with Gasteiger partial charge in [0.2, 0.25) is 0 Å². The minimum absolute atomic E-state index is 0.276. The van der Waals surface area contributed by atoms with E-state index in [2.05, 4.69) is 5.10 Å². The molecule has 102 valence electrons. The first-order chi connectivity index (χ1) is 9.02. The predicted molar refractivity (Wildman–Crippen MR) is 65.5 cm³/mol. The van der Waals surface area contributed by atoms with E-state index >= 15 is 0 Å². The van der Waals surface area contributed by atoms with E-state index < -0.39 is 11.9 Å². The molecule has 1 atom stereocenters. The Kier molecular flexibility index (Phi) is 3.90. The normalized spacial score (nSPS) is 13.5. The Morgan fingerprint density at radius 3 is 2.37 bits per heavy atom. The van der Waals surface area contributed by atoms with Gasteiger partial charge < -0.3 is 5.73 Å². The van der Waals surface area contributed by atoms with Crippen LogP contribution in [0.25, 0.3) is 0 Å². The molecular formula is C13H14F3N3. The van der Waals surface area contributed by atoms with Gasteiger partial charge in [-0.25, -0.2) is 0 Å². The van der Waals surface area contributed by atoms with E-state index in [4.69, 9.17) is 5.73 Å². The van der Waals surface area contributed by atoms with Crippen molar-refractivity contribution in [2.45, 2.75) is 18.6 Å². The third-order valence-electron chi connectivity index (χ3n) is 2.84. The summed E-state index contributed by atoms with van der Waals surface area (Å²) in [6.07, 6.45) is -2.55. The third kappa shape index (κ3) is 3.14. The Hall–Kier alpha value is -1.82. The Morgan fingerprint density at radius 1 is 1.16 bits per heavy atom. The molecule has 2 rings (SSSR count). The maximum Gasteiger partial charge on any atom is 0.435 e. The quantitative estimate of drug-likeness (QED) is 0.927. The molecule has 1 heterocycles. The van der Waals surface area contributed by atoms with Gasteiger partial charge in [0.05, 0.1) is 6.04 Å². The van der Waals surface area contributed by atoms with Crippen LogP contribution in [0.15, 0.2) is 42.6 Å². The highest BCUT2D eigenvalue weighted by molar-refractivity contribution is 5.20. The average molecular weight is 269 g/mol. The molecule has 19 heavy (non-hydrogen) atoms. The zero-order valence-electron chi connectivity index (χ0n) is 10.1. The van der Waals surface area contributed by atoms with E-state index in [-0.39, 0.29) is 6.04 Å². The Balaban J connectivity index is 2.32. The smallest absolute Gasteiger partial charge is 0.330 e. The summed E-state index contributed by atoms with van der Waals surface area (Å²) >= 11 is 0. The predicted octanol–water partition coefficient (Wildman–Crippen LogP) is 2.84. The summed E-state index contributed by atoms with van der Waals surface area (Å²) in [7, 11) is 0. The number of nitrogens with zero attached hydrogens (tertiary/aromatic N) is 2. The van der Waals surface area contributed by atoms with Gasteiger partial charge in [-0.15, -0.1) is 0 Å². The average Bonchev–Trinajstić information content (AvgIpc) is 2.86. The maximum absolute atomic E-state index is 12.6. The topological polar surface area (TPSA) is 43.8 Å². The van der Waals surface area contributed by atoms with Gasteiger partial charge in [0.25, 0.3) is 0 Å². The molecular weight excluding hydrogens is 255 g/mol. The van der Waals surface area contributed by atoms with Crippen molar-refractivity contribution in [3.05, 3.63) is 53.9 Å². The van der Waals surface area contributed by atoms with Crippen LogP contribution < -0.4 is 5.73 Å². The first-order valence-corrected chi connectivity index (χ1v) is 5.89. The highest BCUT2D eigenvalue weighted by Gasteiger charge is 2.34. The summed E-state index contributed by atoms with van der Waals surface area (Å²) in [5.74, 6) is 0. The molecule has 0 radical (unpaired) electrons. The summed E-state index contributed by atoms with van der Waals surface area (Å²) in [6, 6.07) is 9.95. The van der Waals surface area contributed by atoms with E-state index in [0.29, 0.717) is 13.0 Å². The summed E-state index contributed by atoms with van der Waals surface area (Å²) in [6.45, 7) is 0.376. The number of hydrogen-bond donors (Lipinski definition) is 1. The van der Waals surface area contributed by atoms with Crippen molar-refractivity contribution in [2.75, 3.05) is 6.54 Å². The van der Waals surface area contributed by atoms with Crippen molar-refractivity contribution < 1.29 is 13.2 Å². The van der Waals surface area contributed by atoms with Gasteiger partial charge in [0, 0.05) is 6.20 Å². The summed E-state index contributed by atoms with van der Waals surface area (Å²) in [5, 5.41) is 3.61. The SMILES string of the molecule is NCCC(c1ccccc1)n1ccc(C(F)(F)F)n1.